The minimum absolute atomic E-state index is 0.0931. The molecule has 0 amide bonds. The number of carboxylic acid groups (broad SMARTS) is 1. The molecule has 0 radical (unpaired) electrons. The molecule has 4 heteroatoms. The number of aliphatic carboxylic acids is 1. The summed E-state index contributed by atoms with van der Waals surface area (Å²) < 4.78 is 0. The van der Waals surface area contributed by atoms with Gasteiger partial charge in [-0.25, -0.2) is 4.79 Å². The van der Waals surface area contributed by atoms with Crippen LogP contribution in [0.4, 0.5) is 0 Å². The Kier molecular flexibility index (Phi) is 2.08. The van der Waals surface area contributed by atoms with Crippen LogP contribution in [0.15, 0.2) is 5.16 Å². The molecule has 0 aromatic carbocycles. The normalized spacial score (nSPS) is 23.2. The van der Waals surface area contributed by atoms with E-state index in [2.05, 4.69) is 5.16 Å². The van der Waals surface area contributed by atoms with Crippen LogP contribution in [0.25, 0.3) is 0 Å². The molecule has 1 aliphatic heterocycles. The third-order valence-corrected chi connectivity index (χ3v) is 1.81. The quantitative estimate of drug-likeness (QED) is 0.646. The van der Waals surface area contributed by atoms with Crippen molar-refractivity contribution in [3.8, 4) is 0 Å². The molecule has 1 N–H and O–H groups in total. The predicted molar refractivity (Wildman–Crippen MR) is 44.0 cm³/mol. The molecule has 1 heterocycles. The van der Waals surface area contributed by atoms with Crippen molar-refractivity contribution >= 4 is 11.7 Å². The summed E-state index contributed by atoms with van der Waals surface area (Å²) in [5.74, 6) is -0.946. The molecule has 4 nitrogen and oxygen atoms in total. The highest BCUT2D eigenvalue weighted by Crippen LogP contribution is 2.25. The summed E-state index contributed by atoms with van der Waals surface area (Å²) in [6.07, 6.45) is -0.377. The molecule has 0 saturated heterocycles. The molecule has 1 aliphatic rings. The lowest BCUT2D eigenvalue weighted by molar-refractivity contribution is -0.148. The van der Waals surface area contributed by atoms with E-state index in [1.165, 1.54) is 0 Å². The van der Waals surface area contributed by atoms with Gasteiger partial charge in [-0.3, -0.25) is 0 Å². The van der Waals surface area contributed by atoms with Crippen molar-refractivity contribution < 1.29 is 14.7 Å². The van der Waals surface area contributed by atoms with E-state index in [4.69, 9.17) is 9.94 Å². The second-order valence-electron chi connectivity index (χ2n) is 3.92. The monoisotopic (exact) mass is 171 g/mol. The topological polar surface area (TPSA) is 58.9 Å². The van der Waals surface area contributed by atoms with E-state index in [-0.39, 0.29) is 5.41 Å². The standard InChI is InChI=1S/C8H13NO3/c1-8(2,3)6-4-5(7(10)11)12-9-6/h5H,4H2,1-3H3,(H,10,11). The zero-order valence-electron chi connectivity index (χ0n) is 7.50. The Bertz CT molecular complexity index is 227. The van der Waals surface area contributed by atoms with Gasteiger partial charge in [-0.1, -0.05) is 25.9 Å². The third kappa shape index (κ3) is 1.75. The van der Waals surface area contributed by atoms with Crippen LogP contribution in [0, 0.1) is 5.41 Å². The van der Waals surface area contributed by atoms with Crippen LogP contribution in [0.5, 0.6) is 0 Å². The second kappa shape index (κ2) is 2.77. The number of nitrogens with zero attached hydrogens (tertiary/aromatic N) is 1. The van der Waals surface area contributed by atoms with Gasteiger partial charge < -0.3 is 9.94 Å². The minimum atomic E-state index is -0.946. The first-order chi connectivity index (χ1) is 5.41. The summed E-state index contributed by atoms with van der Waals surface area (Å²) in [4.78, 5) is 15.2. The number of oxime groups is 1. The van der Waals surface area contributed by atoms with Gasteiger partial charge in [-0.2, -0.15) is 0 Å². The van der Waals surface area contributed by atoms with E-state index < -0.39 is 12.1 Å². The van der Waals surface area contributed by atoms with Crippen molar-refractivity contribution in [3.05, 3.63) is 0 Å². The molecule has 0 bridgehead atoms. The van der Waals surface area contributed by atoms with Gasteiger partial charge in [-0.05, 0) is 0 Å². The fraction of sp³-hybridized carbons (Fsp3) is 0.750. The summed E-state index contributed by atoms with van der Waals surface area (Å²) in [7, 11) is 0. The molecule has 0 aromatic rings. The lowest BCUT2D eigenvalue weighted by atomic mass is 9.87. The average Bonchev–Trinajstić information content (AvgIpc) is 2.30. The van der Waals surface area contributed by atoms with Crippen LogP contribution in [-0.2, 0) is 9.63 Å². The average molecular weight is 171 g/mol. The van der Waals surface area contributed by atoms with Gasteiger partial charge in [0.05, 0.1) is 5.71 Å². The van der Waals surface area contributed by atoms with Crippen molar-refractivity contribution in [3.63, 3.8) is 0 Å². The van der Waals surface area contributed by atoms with E-state index in [1.54, 1.807) is 0 Å². The molecular formula is C8H13NO3. The van der Waals surface area contributed by atoms with Gasteiger partial charge in [0.2, 0.25) is 6.10 Å². The SMILES string of the molecule is CC(C)(C)C1=NOC(C(=O)O)C1. The fourth-order valence-electron chi connectivity index (χ4n) is 0.953. The van der Waals surface area contributed by atoms with Crippen LogP contribution in [0.2, 0.25) is 0 Å². The van der Waals surface area contributed by atoms with Crippen LogP contribution in [0.1, 0.15) is 27.2 Å². The summed E-state index contributed by atoms with van der Waals surface area (Å²) >= 11 is 0. The summed E-state index contributed by atoms with van der Waals surface area (Å²) in [5.41, 5.74) is 0.722. The minimum Gasteiger partial charge on any atom is -0.478 e. The number of carbonyl (C=O) groups is 1. The first kappa shape index (κ1) is 9.03. The zero-order valence-corrected chi connectivity index (χ0v) is 7.50. The zero-order chi connectivity index (χ0) is 9.35. The van der Waals surface area contributed by atoms with Crippen LogP contribution in [0.3, 0.4) is 0 Å². The lowest BCUT2D eigenvalue weighted by Crippen LogP contribution is -2.24. The summed E-state index contributed by atoms with van der Waals surface area (Å²) in [6, 6.07) is 0. The highest BCUT2D eigenvalue weighted by Gasteiger charge is 2.33. The Morgan fingerprint density at radius 2 is 2.25 bits per heavy atom. The number of carboxylic acids is 1. The smallest absolute Gasteiger partial charge is 0.348 e. The van der Waals surface area contributed by atoms with E-state index in [9.17, 15) is 4.79 Å². The summed E-state index contributed by atoms with van der Waals surface area (Å²) in [5, 5.41) is 12.3. The molecule has 0 fully saturated rings. The van der Waals surface area contributed by atoms with Crippen LogP contribution < -0.4 is 0 Å². The van der Waals surface area contributed by atoms with Gasteiger partial charge in [0.25, 0.3) is 0 Å². The molecule has 0 spiro atoms. The van der Waals surface area contributed by atoms with E-state index in [1.807, 2.05) is 20.8 Å². The Morgan fingerprint density at radius 1 is 1.67 bits per heavy atom. The second-order valence-corrected chi connectivity index (χ2v) is 3.92. The highest BCUT2D eigenvalue weighted by atomic mass is 16.7. The largest absolute Gasteiger partial charge is 0.478 e. The van der Waals surface area contributed by atoms with Gasteiger partial charge in [-0.15, -0.1) is 0 Å². The highest BCUT2D eigenvalue weighted by molar-refractivity contribution is 5.93. The molecular weight excluding hydrogens is 158 g/mol. The number of hydrogen-bond acceptors (Lipinski definition) is 3. The van der Waals surface area contributed by atoms with Crippen molar-refractivity contribution in [2.75, 3.05) is 0 Å². The van der Waals surface area contributed by atoms with E-state index in [0.29, 0.717) is 6.42 Å². The Morgan fingerprint density at radius 3 is 2.50 bits per heavy atom. The van der Waals surface area contributed by atoms with Gasteiger partial charge >= 0.3 is 5.97 Å². The third-order valence-electron chi connectivity index (χ3n) is 1.81. The van der Waals surface area contributed by atoms with Crippen molar-refractivity contribution in [1.82, 2.24) is 0 Å². The maximum absolute atomic E-state index is 10.5. The van der Waals surface area contributed by atoms with Crippen LogP contribution >= 0.6 is 0 Å². The molecule has 12 heavy (non-hydrogen) atoms. The predicted octanol–water partition coefficient (Wildman–Crippen LogP) is 1.26. The Balaban J connectivity index is 2.61. The first-order valence-electron chi connectivity index (χ1n) is 3.87. The maximum atomic E-state index is 10.5. The van der Waals surface area contributed by atoms with Crippen LogP contribution in [-0.4, -0.2) is 22.9 Å². The molecule has 0 saturated carbocycles. The van der Waals surface area contributed by atoms with Crippen molar-refractivity contribution in [2.24, 2.45) is 10.6 Å². The molecule has 0 aromatic heterocycles. The molecule has 1 rings (SSSR count). The Labute approximate surface area is 71.2 Å². The van der Waals surface area contributed by atoms with Gasteiger partial charge in [0.1, 0.15) is 0 Å². The summed E-state index contributed by atoms with van der Waals surface area (Å²) in [6.45, 7) is 5.96. The molecule has 1 unspecified atom stereocenters. The fourth-order valence-corrected chi connectivity index (χ4v) is 0.953. The maximum Gasteiger partial charge on any atom is 0.348 e. The van der Waals surface area contributed by atoms with Gasteiger partial charge in [0, 0.05) is 11.8 Å². The lowest BCUT2D eigenvalue weighted by Gasteiger charge is -2.15. The van der Waals surface area contributed by atoms with Crippen molar-refractivity contribution in [2.45, 2.75) is 33.3 Å². The molecule has 1 atom stereocenters. The van der Waals surface area contributed by atoms with Crippen molar-refractivity contribution in [1.29, 1.82) is 0 Å². The number of rotatable bonds is 1. The Hall–Kier alpha value is -1.06. The number of hydrogen-bond donors (Lipinski definition) is 1. The van der Waals surface area contributed by atoms with E-state index >= 15 is 0 Å². The van der Waals surface area contributed by atoms with Gasteiger partial charge in [0.15, 0.2) is 0 Å². The molecule has 68 valence electrons. The molecule has 0 aliphatic carbocycles. The first-order valence-corrected chi connectivity index (χ1v) is 3.87. The van der Waals surface area contributed by atoms with E-state index in [0.717, 1.165) is 5.71 Å².